The van der Waals surface area contributed by atoms with Crippen LogP contribution in [0, 0.1) is 3.57 Å². The highest BCUT2D eigenvalue weighted by molar-refractivity contribution is 14.1. The topological polar surface area (TPSA) is 44.9 Å². The monoisotopic (exact) mass is 336 g/mol. The number of fused-ring (bicyclic) bond motifs is 1. The Hall–Kier alpha value is -1.56. The molecule has 1 aromatic carbocycles. The van der Waals surface area contributed by atoms with E-state index in [1.807, 2.05) is 42.6 Å². The van der Waals surface area contributed by atoms with Gasteiger partial charge in [-0.25, -0.2) is 0 Å². The molecule has 0 aliphatic carbocycles. The first-order chi connectivity index (χ1) is 8.25. The molecule has 84 valence electrons. The van der Waals surface area contributed by atoms with Gasteiger partial charge in [-0.1, -0.05) is 6.07 Å². The van der Waals surface area contributed by atoms with E-state index in [9.17, 15) is 4.79 Å². The lowest BCUT2D eigenvalue weighted by Gasteiger charge is -2.00. The molecule has 1 aromatic heterocycles. The van der Waals surface area contributed by atoms with Crippen LogP contribution in [0.2, 0.25) is 0 Å². The molecule has 0 saturated heterocycles. The largest absolute Gasteiger partial charge is 0.362 e. The number of hydrogen-bond donors (Lipinski definition) is 2. The Kier molecular flexibility index (Phi) is 2.51. The fourth-order valence-corrected chi connectivity index (χ4v) is 2.72. The number of amides is 1. The number of benzene rings is 1. The van der Waals surface area contributed by atoms with Crippen LogP contribution in [0.1, 0.15) is 11.3 Å². The van der Waals surface area contributed by atoms with Crippen LogP contribution in [-0.4, -0.2) is 10.9 Å². The number of aromatic amines is 1. The predicted octanol–water partition coefficient (Wildman–Crippen LogP) is 3.11. The molecule has 17 heavy (non-hydrogen) atoms. The minimum absolute atomic E-state index is 0.0429. The second kappa shape index (κ2) is 4.03. The molecule has 4 heteroatoms. The number of nitrogens with one attached hydrogen (secondary N) is 2. The van der Waals surface area contributed by atoms with Gasteiger partial charge in [0.1, 0.15) is 0 Å². The van der Waals surface area contributed by atoms with Gasteiger partial charge >= 0.3 is 0 Å². The smallest absolute Gasteiger partial charge is 0.256 e. The van der Waals surface area contributed by atoms with E-state index >= 15 is 0 Å². The summed E-state index contributed by atoms with van der Waals surface area (Å²) in [5.41, 5.74) is 3.53. The third-order valence-corrected chi connectivity index (χ3v) is 3.60. The van der Waals surface area contributed by atoms with E-state index in [-0.39, 0.29) is 5.91 Å². The molecule has 0 atom stereocenters. The van der Waals surface area contributed by atoms with E-state index in [4.69, 9.17) is 0 Å². The summed E-state index contributed by atoms with van der Waals surface area (Å²) >= 11 is 2.25. The fourth-order valence-electron chi connectivity index (χ4n) is 1.93. The van der Waals surface area contributed by atoms with Crippen LogP contribution in [-0.2, 0) is 4.79 Å². The number of halogens is 1. The third-order valence-electron chi connectivity index (χ3n) is 2.70. The van der Waals surface area contributed by atoms with Crippen molar-refractivity contribution < 1.29 is 4.79 Å². The maximum Gasteiger partial charge on any atom is 0.256 e. The fraction of sp³-hybridized carbons (Fsp3) is 0. The van der Waals surface area contributed by atoms with E-state index < -0.39 is 0 Å². The van der Waals surface area contributed by atoms with Crippen molar-refractivity contribution in [3.8, 4) is 0 Å². The number of anilines is 1. The zero-order valence-electron chi connectivity index (χ0n) is 8.83. The summed E-state index contributed by atoms with van der Waals surface area (Å²) in [4.78, 5) is 15.0. The summed E-state index contributed by atoms with van der Waals surface area (Å²) < 4.78 is 1.08. The highest BCUT2D eigenvalue weighted by atomic mass is 127. The van der Waals surface area contributed by atoms with Crippen molar-refractivity contribution >= 4 is 45.8 Å². The van der Waals surface area contributed by atoms with Gasteiger partial charge in [-0.3, -0.25) is 4.79 Å². The highest BCUT2D eigenvalue weighted by Gasteiger charge is 2.25. The summed E-state index contributed by atoms with van der Waals surface area (Å²) in [6.07, 6.45) is 3.72. The van der Waals surface area contributed by atoms with Crippen LogP contribution in [0.5, 0.6) is 0 Å². The molecule has 0 fully saturated rings. The molecule has 1 aliphatic rings. The molecule has 0 bridgehead atoms. The molecule has 3 rings (SSSR count). The van der Waals surface area contributed by atoms with Crippen molar-refractivity contribution in [3.63, 3.8) is 0 Å². The molecule has 3 nitrogen and oxygen atoms in total. The lowest BCUT2D eigenvalue weighted by atomic mass is 10.1. The SMILES string of the molecule is O=C1Nc2cccc(I)c2C1=Cc1ccc[nH]1. The minimum atomic E-state index is -0.0429. The maximum absolute atomic E-state index is 11.9. The van der Waals surface area contributed by atoms with Crippen molar-refractivity contribution in [3.05, 3.63) is 51.4 Å². The molecule has 1 amide bonds. The Labute approximate surface area is 112 Å². The second-order valence-electron chi connectivity index (χ2n) is 3.80. The Bertz CT molecular complexity index is 614. The van der Waals surface area contributed by atoms with E-state index in [0.29, 0.717) is 5.57 Å². The van der Waals surface area contributed by atoms with Gasteiger partial charge in [0.2, 0.25) is 0 Å². The van der Waals surface area contributed by atoms with E-state index in [0.717, 1.165) is 20.5 Å². The van der Waals surface area contributed by atoms with Gasteiger partial charge < -0.3 is 10.3 Å². The zero-order valence-corrected chi connectivity index (χ0v) is 11.0. The van der Waals surface area contributed by atoms with Crippen LogP contribution >= 0.6 is 22.6 Å². The molecule has 1 aliphatic heterocycles. The van der Waals surface area contributed by atoms with Crippen molar-refractivity contribution in [1.82, 2.24) is 4.98 Å². The number of aromatic nitrogens is 1. The summed E-state index contributed by atoms with van der Waals surface area (Å²) in [5, 5.41) is 2.87. The third kappa shape index (κ3) is 1.78. The first kappa shape index (κ1) is 10.6. The standard InChI is InChI=1S/C13H9IN2O/c14-10-4-1-5-11-12(10)9(13(17)16-11)7-8-3-2-6-15-8/h1-7,15H,(H,16,17). The molecule has 0 spiro atoms. The minimum Gasteiger partial charge on any atom is -0.362 e. The average Bonchev–Trinajstić information content (AvgIpc) is 2.89. The molecule has 0 unspecified atom stereocenters. The van der Waals surface area contributed by atoms with Gasteiger partial charge in [0.05, 0.1) is 11.3 Å². The normalized spacial score (nSPS) is 16.1. The molecule has 0 radical (unpaired) electrons. The zero-order chi connectivity index (χ0) is 11.8. The Morgan fingerprint density at radius 3 is 2.82 bits per heavy atom. The van der Waals surface area contributed by atoms with Crippen LogP contribution in [0.4, 0.5) is 5.69 Å². The summed E-state index contributed by atoms with van der Waals surface area (Å²) in [5.74, 6) is -0.0429. The summed E-state index contributed by atoms with van der Waals surface area (Å²) in [6.45, 7) is 0. The van der Waals surface area contributed by atoms with Crippen molar-refractivity contribution in [2.75, 3.05) is 5.32 Å². The second-order valence-corrected chi connectivity index (χ2v) is 4.96. The molecule has 2 aromatic rings. The van der Waals surface area contributed by atoms with Crippen LogP contribution in [0.25, 0.3) is 11.6 Å². The lowest BCUT2D eigenvalue weighted by Crippen LogP contribution is -2.03. The molecule has 2 N–H and O–H groups in total. The van der Waals surface area contributed by atoms with E-state index in [1.54, 1.807) is 0 Å². The predicted molar refractivity (Wildman–Crippen MR) is 76.5 cm³/mol. The highest BCUT2D eigenvalue weighted by Crippen LogP contribution is 2.36. The van der Waals surface area contributed by atoms with E-state index in [2.05, 4.69) is 32.9 Å². The number of carbonyl (C=O) groups excluding carboxylic acids is 1. The van der Waals surface area contributed by atoms with Crippen LogP contribution in [0.15, 0.2) is 36.5 Å². The number of H-pyrrole nitrogens is 1. The first-order valence-corrected chi connectivity index (χ1v) is 6.29. The Morgan fingerprint density at radius 1 is 1.18 bits per heavy atom. The molecular formula is C13H9IN2O. The lowest BCUT2D eigenvalue weighted by molar-refractivity contribution is -0.110. The van der Waals surface area contributed by atoms with E-state index in [1.165, 1.54) is 0 Å². The quantitative estimate of drug-likeness (QED) is 0.610. The summed E-state index contributed by atoms with van der Waals surface area (Å²) in [7, 11) is 0. The molecular weight excluding hydrogens is 327 g/mol. The van der Waals surface area contributed by atoms with Gasteiger partial charge in [0.25, 0.3) is 5.91 Å². The van der Waals surface area contributed by atoms with Crippen molar-refractivity contribution in [2.45, 2.75) is 0 Å². The molecule has 0 saturated carbocycles. The maximum atomic E-state index is 11.9. The van der Waals surface area contributed by atoms with Gasteiger partial charge in [-0.2, -0.15) is 0 Å². The van der Waals surface area contributed by atoms with Crippen LogP contribution < -0.4 is 5.32 Å². The number of hydrogen-bond acceptors (Lipinski definition) is 1. The van der Waals surface area contributed by atoms with Crippen molar-refractivity contribution in [2.24, 2.45) is 0 Å². The van der Waals surface area contributed by atoms with Crippen molar-refractivity contribution in [1.29, 1.82) is 0 Å². The number of rotatable bonds is 1. The Morgan fingerprint density at radius 2 is 2.06 bits per heavy atom. The van der Waals surface area contributed by atoms with Gasteiger partial charge in [0.15, 0.2) is 0 Å². The molecule has 2 heterocycles. The first-order valence-electron chi connectivity index (χ1n) is 5.21. The van der Waals surface area contributed by atoms with Gasteiger partial charge in [-0.05, 0) is 52.9 Å². The number of carbonyl (C=O) groups is 1. The van der Waals surface area contributed by atoms with Crippen LogP contribution in [0.3, 0.4) is 0 Å². The Balaban J connectivity index is 2.17. The average molecular weight is 336 g/mol. The van der Waals surface area contributed by atoms with Gasteiger partial charge in [0, 0.05) is 21.0 Å². The summed E-state index contributed by atoms with van der Waals surface area (Å²) in [6, 6.07) is 9.72. The van der Waals surface area contributed by atoms with Gasteiger partial charge in [-0.15, -0.1) is 0 Å².